The van der Waals surface area contributed by atoms with Gasteiger partial charge in [0, 0.05) is 30.7 Å². The van der Waals surface area contributed by atoms with Crippen LogP contribution in [0.2, 0.25) is 0 Å². The van der Waals surface area contributed by atoms with Gasteiger partial charge < -0.3 is 9.88 Å². The summed E-state index contributed by atoms with van der Waals surface area (Å²) in [5.41, 5.74) is 0.315. The van der Waals surface area contributed by atoms with Crippen LogP contribution in [0.15, 0.2) is 23.1 Å². The van der Waals surface area contributed by atoms with Crippen molar-refractivity contribution < 1.29 is 4.79 Å². The van der Waals surface area contributed by atoms with E-state index in [1.807, 2.05) is 4.90 Å². The lowest BCUT2D eigenvalue weighted by molar-refractivity contribution is 0.0597. The van der Waals surface area contributed by atoms with E-state index in [9.17, 15) is 9.59 Å². The maximum absolute atomic E-state index is 12.2. The molecule has 5 heteroatoms. The van der Waals surface area contributed by atoms with Crippen molar-refractivity contribution >= 4 is 17.5 Å². The minimum atomic E-state index is -0.200. The molecule has 2 rings (SSSR count). The van der Waals surface area contributed by atoms with E-state index >= 15 is 0 Å². The number of carbonyl (C=O) groups is 1. The maximum atomic E-state index is 12.2. The number of H-pyrrole nitrogens is 1. The minimum Gasteiger partial charge on any atom is -0.334 e. The van der Waals surface area contributed by atoms with Crippen LogP contribution in [0.3, 0.4) is 0 Å². The molecule has 0 aliphatic heterocycles. The molecule has 0 unspecified atom stereocenters. The molecule has 0 radical (unpaired) electrons. The van der Waals surface area contributed by atoms with Crippen LogP contribution in [-0.4, -0.2) is 34.3 Å². The molecule has 17 heavy (non-hydrogen) atoms. The van der Waals surface area contributed by atoms with Crippen molar-refractivity contribution in [3.63, 3.8) is 0 Å². The molecule has 1 aliphatic rings. The van der Waals surface area contributed by atoms with Gasteiger partial charge in [-0.05, 0) is 25.3 Å². The Hall–Kier alpha value is -1.29. The Kier molecular flexibility index (Phi) is 3.84. The number of alkyl halides is 1. The Morgan fingerprint density at radius 3 is 2.71 bits per heavy atom. The molecule has 1 aliphatic carbocycles. The van der Waals surface area contributed by atoms with Crippen LogP contribution in [-0.2, 0) is 0 Å². The fourth-order valence-corrected chi connectivity index (χ4v) is 2.13. The van der Waals surface area contributed by atoms with Crippen molar-refractivity contribution in [2.24, 2.45) is 0 Å². The first-order valence-electron chi connectivity index (χ1n) is 5.78. The highest BCUT2D eigenvalue weighted by molar-refractivity contribution is 6.18. The van der Waals surface area contributed by atoms with E-state index in [0.29, 0.717) is 24.0 Å². The fraction of sp³-hybridized carbons (Fsp3) is 0.500. The largest absolute Gasteiger partial charge is 0.334 e. The van der Waals surface area contributed by atoms with Crippen LogP contribution in [0, 0.1) is 0 Å². The zero-order valence-corrected chi connectivity index (χ0v) is 10.2. The van der Waals surface area contributed by atoms with Crippen LogP contribution in [0.4, 0.5) is 0 Å². The SMILES string of the molecule is O=C(c1ccc(=O)[nH]c1)N(CCCl)C1CCC1. The van der Waals surface area contributed by atoms with Gasteiger partial charge in [-0.15, -0.1) is 11.6 Å². The number of rotatable bonds is 4. The fourth-order valence-electron chi connectivity index (χ4n) is 1.95. The van der Waals surface area contributed by atoms with E-state index in [-0.39, 0.29) is 11.5 Å². The van der Waals surface area contributed by atoms with E-state index < -0.39 is 0 Å². The second kappa shape index (κ2) is 5.36. The highest BCUT2D eigenvalue weighted by Crippen LogP contribution is 2.25. The van der Waals surface area contributed by atoms with E-state index in [1.165, 1.54) is 18.7 Å². The minimum absolute atomic E-state index is 0.0494. The zero-order valence-electron chi connectivity index (χ0n) is 9.49. The molecule has 4 nitrogen and oxygen atoms in total. The van der Waals surface area contributed by atoms with Crippen molar-refractivity contribution in [2.75, 3.05) is 12.4 Å². The van der Waals surface area contributed by atoms with Crippen molar-refractivity contribution in [1.82, 2.24) is 9.88 Å². The van der Waals surface area contributed by atoms with Crippen LogP contribution >= 0.6 is 11.6 Å². The summed E-state index contributed by atoms with van der Waals surface area (Å²) in [6.45, 7) is 0.560. The number of hydrogen-bond donors (Lipinski definition) is 1. The molecule has 0 bridgehead atoms. The second-order valence-electron chi connectivity index (χ2n) is 4.21. The van der Waals surface area contributed by atoms with E-state index in [0.717, 1.165) is 12.8 Å². The van der Waals surface area contributed by atoms with Gasteiger partial charge in [-0.2, -0.15) is 0 Å². The molecule has 1 N–H and O–H groups in total. The number of aromatic amines is 1. The maximum Gasteiger partial charge on any atom is 0.255 e. The summed E-state index contributed by atoms with van der Waals surface area (Å²) in [4.78, 5) is 27.5. The standard InChI is InChI=1S/C12H15ClN2O2/c13-6-7-15(10-2-1-3-10)12(17)9-4-5-11(16)14-8-9/h4-5,8,10H,1-3,6-7H2,(H,14,16). The van der Waals surface area contributed by atoms with Gasteiger partial charge in [-0.3, -0.25) is 9.59 Å². The third-order valence-corrected chi connectivity index (χ3v) is 3.30. The monoisotopic (exact) mass is 254 g/mol. The summed E-state index contributed by atoms with van der Waals surface area (Å²) in [5.74, 6) is 0.387. The zero-order chi connectivity index (χ0) is 12.3. The van der Waals surface area contributed by atoms with E-state index in [4.69, 9.17) is 11.6 Å². The number of nitrogens with one attached hydrogen (secondary N) is 1. The molecule has 1 heterocycles. The number of amides is 1. The first-order valence-corrected chi connectivity index (χ1v) is 6.31. The lowest BCUT2D eigenvalue weighted by Crippen LogP contribution is -2.45. The molecule has 92 valence electrons. The van der Waals surface area contributed by atoms with Gasteiger partial charge in [-0.1, -0.05) is 0 Å². The van der Waals surface area contributed by atoms with Crippen molar-refractivity contribution in [2.45, 2.75) is 25.3 Å². The van der Waals surface area contributed by atoms with Crippen LogP contribution in [0.1, 0.15) is 29.6 Å². The Bertz CT molecular complexity index is 434. The average Bonchev–Trinajstić information content (AvgIpc) is 2.26. The number of aromatic nitrogens is 1. The molecule has 1 fully saturated rings. The quantitative estimate of drug-likeness (QED) is 0.830. The molecule has 0 atom stereocenters. The molecule has 1 saturated carbocycles. The molecule has 0 aromatic carbocycles. The first kappa shape index (κ1) is 12.2. The van der Waals surface area contributed by atoms with Crippen LogP contribution in [0.25, 0.3) is 0 Å². The Morgan fingerprint density at radius 2 is 2.24 bits per heavy atom. The summed E-state index contributed by atoms with van der Waals surface area (Å²) in [6.07, 6.45) is 4.73. The average molecular weight is 255 g/mol. The summed E-state index contributed by atoms with van der Waals surface area (Å²) >= 11 is 5.73. The number of hydrogen-bond acceptors (Lipinski definition) is 2. The second-order valence-corrected chi connectivity index (χ2v) is 4.59. The molecular weight excluding hydrogens is 240 g/mol. The Morgan fingerprint density at radius 1 is 1.47 bits per heavy atom. The predicted molar refractivity (Wildman–Crippen MR) is 66.5 cm³/mol. The highest BCUT2D eigenvalue weighted by atomic mass is 35.5. The third-order valence-electron chi connectivity index (χ3n) is 3.13. The van der Waals surface area contributed by atoms with Gasteiger partial charge in [0.05, 0.1) is 5.56 Å². The Balaban J connectivity index is 2.14. The number of halogens is 1. The highest BCUT2D eigenvalue weighted by Gasteiger charge is 2.28. The normalized spacial score (nSPS) is 15.4. The summed E-state index contributed by atoms with van der Waals surface area (Å²) in [6, 6.07) is 3.24. The molecule has 0 spiro atoms. The van der Waals surface area contributed by atoms with Crippen molar-refractivity contribution in [3.05, 3.63) is 34.2 Å². The number of carbonyl (C=O) groups excluding carboxylic acids is 1. The Labute approximate surface area is 105 Å². The molecule has 1 amide bonds. The van der Waals surface area contributed by atoms with E-state index in [2.05, 4.69) is 4.98 Å². The smallest absolute Gasteiger partial charge is 0.255 e. The summed E-state index contributed by atoms with van der Waals surface area (Å²) in [7, 11) is 0. The predicted octanol–water partition coefficient (Wildman–Crippen LogP) is 1.61. The summed E-state index contributed by atoms with van der Waals surface area (Å²) < 4.78 is 0. The summed E-state index contributed by atoms with van der Waals surface area (Å²) in [5, 5.41) is 0. The van der Waals surface area contributed by atoms with Gasteiger partial charge in [-0.25, -0.2) is 0 Å². The first-order chi connectivity index (χ1) is 8.22. The van der Waals surface area contributed by atoms with Crippen molar-refractivity contribution in [1.29, 1.82) is 0 Å². The third kappa shape index (κ3) is 2.69. The van der Waals surface area contributed by atoms with Gasteiger partial charge >= 0.3 is 0 Å². The lowest BCUT2D eigenvalue weighted by atomic mass is 9.91. The lowest BCUT2D eigenvalue weighted by Gasteiger charge is -2.37. The van der Waals surface area contributed by atoms with Gasteiger partial charge in [0.1, 0.15) is 0 Å². The molecule has 1 aromatic heterocycles. The van der Waals surface area contributed by atoms with Crippen LogP contribution < -0.4 is 5.56 Å². The van der Waals surface area contributed by atoms with Gasteiger partial charge in [0.2, 0.25) is 5.56 Å². The molecule has 1 aromatic rings. The van der Waals surface area contributed by atoms with Crippen LogP contribution in [0.5, 0.6) is 0 Å². The molecular formula is C12H15ClN2O2. The van der Waals surface area contributed by atoms with Gasteiger partial charge in [0.15, 0.2) is 0 Å². The van der Waals surface area contributed by atoms with Crippen molar-refractivity contribution in [3.8, 4) is 0 Å². The number of pyridine rings is 1. The topological polar surface area (TPSA) is 53.2 Å². The van der Waals surface area contributed by atoms with E-state index in [1.54, 1.807) is 6.07 Å². The molecule has 0 saturated heterocycles. The van der Waals surface area contributed by atoms with Gasteiger partial charge in [0.25, 0.3) is 5.91 Å². The number of nitrogens with zero attached hydrogens (tertiary/aromatic N) is 1.